The minimum atomic E-state index is 0.213. The lowest BCUT2D eigenvalue weighted by atomic mass is 9.91. The third kappa shape index (κ3) is 2.67. The van der Waals surface area contributed by atoms with Crippen LogP contribution in [0.15, 0.2) is 36.5 Å². The second kappa shape index (κ2) is 5.52. The predicted molar refractivity (Wildman–Crippen MR) is 77.3 cm³/mol. The SMILES string of the molecule is O=C(c1cnc2ccccc2c1)C1CCCCCC1. The summed E-state index contributed by atoms with van der Waals surface area (Å²) >= 11 is 0. The smallest absolute Gasteiger partial charge is 0.167 e. The van der Waals surface area contributed by atoms with Crippen molar-refractivity contribution in [2.24, 2.45) is 5.92 Å². The maximum Gasteiger partial charge on any atom is 0.167 e. The van der Waals surface area contributed by atoms with Gasteiger partial charge in [0.15, 0.2) is 5.78 Å². The molecule has 98 valence electrons. The van der Waals surface area contributed by atoms with Crippen LogP contribution in [0.2, 0.25) is 0 Å². The molecule has 2 nitrogen and oxygen atoms in total. The van der Waals surface area contributed by atoms with Crippen LogP contribution in [0, 0.1) is 5.92 Å². The number of ketones is 1. The zero-order valence-electron chi connectivity index (χ0n) is 11.1. The van der Waals surface area contributed by atoms with E-state index in [2.05, 4.69) is 4.98 Å². The van der Waals surface area contributed by atoms with Crippen molar-refractivity contribution in [1.82, 2.24) is 4.98 Å². The normalized spacial score (nSPS) is 17.3. The van der Waals surface area contributed by atoms with Gasteiger partial charge in [-0.25, -0.2) is 0 Å². The van der Waals surface area contributed by atoms with Gasteiger partial charge in [0.2, 0.25) is 0 Å². The number of para-hydroxylation sites is 1. The summed E-state index contributed by atoms with van der Waals surface area (Å²) in [7, 11) is 0. The highest BCUT2D eigenvalue weighted by Gasteiger charge is 2.21. The minimum Gasteiger partial charge on any atom is -0.294 e. The molecule has 1 heterocycles. The monoisotopic (exact) mass is 253 g/mol. The van der Waals surface area contributed by atoms with Gasteiger partial charge in [0.05, 0.1) is 5.52 Å². The number of pyridine rings is 1. The fourth-order valence-electron chi connectivity index (χ4n) is 2.98. The Balaban J connectivity index is 1.88. The Morgan fingerprint density at radius 2 is 1.79 bits per heavy atom. The summed E-state index contributed by atoms with van der Waals surface area (Å²) in [6.45, 7) is 0. The fourth-order valence-corrected chi connectivity index (χ4v) is 2.98. The molecule has 0 bridgehead atoms. The number of benzene rings is 1. The molecule has 0 atom stereocenters. The van der Waals surface area contributed by atoms with E-state index < -0.39 is 0 Å². The Bertz CT molecular complexity index is 583. The number of Topliss-reactive ketones (excluding diaryl/α,β-unsaturated/α-hetero) is 1. The van der Waals surface area contributed by atoms with E-state index in [0.29, 0.717) is 5.78 Å². The van der Waals surface area contributed by atoms with Gasteiger partial charge < -0.3 is 0 Å². The average Bonchev–Trinajstić information content (AvgIpc) is 2.75. The molecular formula is C17H19NO. The molecular weight excluding hydrogens is 234 g/mol. The number of aromatic nitrogens is 1. The molecule has 1 aromatic carbocycles. The first-order chi connectivity index (χ1) is 9.34. The summed E-state index contributed by atoms with van der Waals surface area (Å²) in [6, 6.07) is 9.96. The molecule has 0 N–H and O–H groups in total. The largest absolute Gasteiger partial charge is 0.294 e. The van der Waals surface area contributed by atoms with Crippen LogP contribution in [0.3, 0.4) is 0 Å². The third-order valence-electron chi connectivity index (χ3n) is 4.10. The lowest BCUT2D eigenvalue weighted by molar-refractivity contribution is 0.0907. The molecule has 0 saturated heterocycles. The van der Waals surface area contributed by atoms with Crippen LogP contribution in [0.1, 0.15) is 48.9 Å². The standard InChI is InChI=1S/C17H19NO/c19-17(13-7-3-1-2-4-8-13)15-11-14-9-5-6-10-16(14)18-12-15/h5-6,9-13H,1-4,7-8H2. The van der Waals surface area contributed by atoms with E-state index in [1.54, 1.807) is 6.20 Å². The molecule has 0 amide bonds. The second-order valence-corrected chi connectivity index (χ2v) is 5.47. The van der Waals surface area contributed by atoms with Gasteiger partial charge in [0.25, 0.3) is 0 Å². The van der Waals surface area contributed by atoms with Crippen LogP contribution in [0.25, 0.3) is 10.9 Å². The van der Waals surface area contributed by atoms with Gasteiger partial charge in [-0.15, -0.1) is 0 Å². The first-order valence-corrected chi connectivity index (χ1v) is 7.23. The molecule has 1 aromatic heterocycles. The molecule has 1 aliphatic rings. The Hall–Kier alpha value is -1.70. The van der Waals surface area contributed by atoms with E-state index >= 15 is 0 Å². The Labute approximate surface area is 113 Å². The number of nitrogens with zero attached hydrogens (tertiary/aromatic N) is 1. The van der Waals surface area contributed by atoms with E-state index in [4.69, 9.17) is 0 Å². The number of hydrogen-bond donors (Lipinski definition) is 0. The molecule has 2 aromatic rings. The molecule has 19 heavy (non-hydrogen) atoms. The van der Waals surface area contributed by atoms with Crippen molar-refractivity contribution >= 4 is 16.7 Å². The third-order valence-corrected chi connectivity index (χ3v) is 4.10. The number of carbonyl (C=O) groups is 1. The van der Waals surface area contributed by atoms with Crippen LogP contribution < -0.4 is 0 Å². The minimum absolute atomic E-state index is 0.213. The van der Waals surface area contributed by atoms with E-state index in [1.165, 1.54) is 25.7 Å². The van der Waals surface area contributed by atoms with E-state index in [9.17, 15) is 4.79 Å². The van der Waals surface area contributed by atoms with Gasteiger partial charge in [-0.1, -0.05) is 43.9 Å². The summed E-state index contributed by atoms with van der Waals surface area (Å²) < 4.78 is 0. The van der Waals surface area contributed by atoms with Crippen LogP contribution >= 0.6 is 0 Å². The van der Waals surface area contributed by atoms with Crippen LogP contribution in [-0.2, 0) is 0 Å². The van der Waals surface area contributed by atoms with E-state index in [1.807, 2.05) is 30.3 Å². The molecule has 0 spiro atoms. The average molecular weight is 253 g/mol. The van der Waals surface area contributed by atoms with Gasteiger partial charge in [0.1, 0.15) is 0 Å². The number of fused-ring (bicyclic) bond motifs is 1. The Morgan fingerprint density at radius 1 is 1.05 bits per heavy atom. The molecule has 0 radical (unpaired) electrons. The Kier molecular flexibility index (Phi) is 3.58. The van der Waals surface area contributed by atoms with Crippen molar-refractivity contribution in [3.8, 4) is 0 Å². The van der Waals surface area contributed by atoms with E-state index in [0.717, 1.165) is 29.3 Å². The van der Waals surface area contributed by atoms with E-state index in [-0.39, 0.29) is 5.92 Å². The maximum atomic E-state index is 12.6. The first-order valence-electron chi connectivity index (χ1n) is 7.23. The highest BCUT2D eigenvalue weighted by atomic mass is 16.1. The van der Waals surface area contributed by atoms with Crippen molar-refractivity contribution in [2.45, 2.75) is 38.5 Å². The fraction of sp³-hybridized carbons (Fsp3) is 0.412. The van der Waals surface area contributed by atoms with Gasteiger partial charge in [-0.05, 0) is 25.0 Å². The highest BCUT2D eigenvalue weighted by molar-refractivity contribution is 6.00. The Morgan fingerprint density at radius 3 is 2.58 bits per heavy atom. The van der Waals surface area contributed by atoms with Gasteiger partial charge in [-0.2, -0.15) is 0 Å². The first kappa shape index (κ1) is 12.3. The van der Waals surface area contributed by atoms with Crippen LogP contribution in [-0.4, -0.2) is 10.8 Å². The highest BCUT2D eigenvalue weighted by Crippen LogP contribution is 2.26. The lowest BCUT2D eigenvalue weighted by Gasteiger charge is -2.12. The van der Waals surface area contributed by atoms with Gasteiger partial charge in [-0.3, -0.25) is 9.78 Å². The van der Waals surface area contributed by atoms with Crippen LogP contribution in [0.5, 0.6) is 0 Å². The summed E-state index contributed by atoms with van der Waals surface area (Å²) in [5, 5.41) is 1.06. The number of hydrogen-bond acceptors (Lipinski definition) is 2. The molecule has 1 aliphatic carbocycles. The molecule has 0 unspecified atom stereocenters. The second-order valence-electron chi connectivity index (χ2n) is 5.47. The molecule has 0 aliphatic heterocycles. The zero-order valence-corrected chi connectivity index (χ0v) is 11.1. The topological polar surface area (TPSA) is 30.0 Å². The number of carbonyl (C=O) groups excluding carboxylic acids is 1. The molecule has 1 saturated carbocycles. The van der Waals surface area contributed by atoms with Crippen molar-refractivity contribution in [3.05, 3.63) is 42.1 Å². The summed E-state index contributed by atoms with van der Waals surface area (Å²) in [5.74, 6) is 0.505. The maximum absolute atomic E-state index is 12.6. The quantitative estimate of drug-likeness (QED) is 0.587. The van der Waals surface area contributed by atoms with Crippen LogP contribution in [0.4, 0.5) is 0 Å². The number of rotatable bonds is 2. The summed E-state index contributed by atoms with van der Waals surface area (Å²) in [5.41, 5.74) is 1.74. The molecule has 3 rings (SSSR count). The summed E-state index contributed by atoms with van der Waals surface area (Å²) in [6.07, 6.45) is 8.78. The van der Waals surface area contributed by atoms with Crippen molar-refractivity contribution in [2.75, 3.05) is 0 Å². The predicted octanol–water partition coefficient (Wildman–Crippen LogP) is 4.39. The van der Waals surface area contributed by atoms with Crippen molar-refractivity contribution < 1.29 is 4.79 Å². The molecule has 2 heteroatoms. The summed E-state index contributed by atoms with van der Waals surface area (Å²) in [4.78, 5) is 17.0. The lowest BCUT2D eigenvalue weighted by Crippen LogP contribution is -2.14. The van der Waals surface area contributed by atoms with Gasteiger partial charge >= 0.3 is 0 Å². The van der Waals surface area contributed by atoms with Gasteiger partial charge in [0, 0.05) is 23.1 Å². The zero-order chi connectivity index (χ0) is 13.1. The van der Waals surface area contributed by atoms with Crippen molar-refractivity contribution in [1.29, 1.82) is 0 Å². The molecule has 1 fully saturated rings. The van der Waals surface area contributed by atoms with Crippen molar-refractivity contribution in [3.63, 3.8) is 0 Å².